The lowest BCUT2D eigenvalue weighted by Gasteiger charge is -2.09. The van der Waals surface area contributed by atoms with Crippen LogP contribution in [0.4, 0.5) is 13.2 Å². The lowest BCUT2D eigenvalue weighted by molar-refractivity contribution is -0.137. The van der Waals surface area contributed by atoms with Gasteiger partial charge in [0.25, 0.3) is 5.91 Å². The van der Waals surface area contributed by atoms with E-state index in [0.29, 0.717) is 11.2 Å². The first-order valence-corrected chi connectivity index (χ1v) is 7.09. The molecule has 0 aliphatic carbocycles. The quantitative estimate of drug-likeness (QED) is 0.801. The van der Waals surface area contributed by atoms with Crippen molar-refractivity contribution in [3.8, 4) is 0 Å². The van der Waals surface area contributed by atoms with E-state index in [-0.39, 0.29) is 12.2 Å². The minimum absolute atomic E-state index is 0.0247. The molecule has 0 saturated carbocycles. The summed E-state index contributed by atoms with van der Waals surface area (Å²) in [5.41, 5.74) is 1.17. The number of aryl methyl sites for hydroxylation is 1. The fourth-order valence-electron chi connectivity index (χ4n) is 2.21. The smallest absolute Gasteiger partial charge is 0.347 e. The maximum absolute atomic E-state index is 12.7. The molecule has 2 heterocycles. The van der Waals surface area contributed by atoms with Crippen molar-refractivity contribution in [1.82, 2.24) is 19.9 Å². The van der Waals surface area contributed by atoms with Crippen LogP contribution in [0.5, 0.6) is 0 Å². The molecule has 0 aliphatic rings. The molecule has 3 rings (SSSR count). The first-order chi connectivity index (χ1) is 11.3. The highest BCUT2D eigenvalue weighted by molar-refractivity contribution is 5.93. The molecule has 3 aromatic rings. The summed E-state index contributed by atoms with van der Waals surface area (Å²) in [5, 5.41) is 6.66. The zero-order valence-corrected chi connectivity index (χ0v) is 12.6. The van der Waals surface area contributed by atoms with Crippen molar-refractivity contribution in [2.75, 3.05) is 0 Å². The van der Waals surface area contributed by atoms with Gasteiger partial charge < -0.3 is 5.32 Å². The van der Waals surface area contributed by atoms with Crippen LogP contribution in [0.3, 0.4) is 0 Å². The van der Waals surface area contributed by atoms with Crippen LogP contribution in [0, 0.1) is 6.92 Å². The standard InChI is InChI=1S/C16H13F3N4O/c1-10-7-20-14-6-13(22-23(14)9-10)15(24)21-8-11-3-2-4-12(5-11)16(17,18)19/h2-7,9H,8H2,1H3,(H,21,24). The van der Waals surface area contributed by atoms with E-state index in [1.807, 2.05) is 6.92 Å². The Balaban J connectivity index is 1.73. The molecule has 0 unspecified atom stereocenters. The van der Waals surface area contributed by atoms with Gasteiger partial charge in [-0.3, -0.25) is 4.79 Å². The van der Waals surface area contributed by atoms with Gasteiger partial charge in [-0.1, -0.05) is 12.1 Å². The number of halogens is 3. The molecule has 0 aliphatic heterocycles. The Morgan fingerprint density at radius 1 is 1.29 bits per heavy atom. The number of nitrogens with zero attached hydrogens (tertiary/aromatic N) is 3. The number of aromatic nitrogens is 3. The number of benzene rings is 1. The molecule has 8 heteroatoms. The number of nitrogens with one attached hydrogen (secondary N) is 1. The summed E-state index contributed by atoms with van der Waals surface area (Å²) in [6.45, 7) is 1.82. The minimum Gasteiger partial charge on any atom is -0.347 e. The summed E-state index contributed by atoms with van der Waals surface area (Å²) < 4.78 is 39.5. The second kappa shape index (κ2) is 5.95. The van der Waals surface area contributed by atoms with Crippen LogP contribution in [0.25, 0.3) is 5.65 Å². The van der Waals surface area contributed by atoms with Gasteiger partial charge in [0.15, 0.2) is 11.3 Å². The second-order valence-electron chi connectivity index (χ2n) is 5.34. The molecule has 0 bridgehead atoms. The van der Waals surface area contributed by atoms with Crippen LogP contribution in [0.2, 0.25) is 0 Å². The number of carbonyl (C=O) groups is 1. The summed E-state index contributed by atoms with van der Waals surface area (Å²) in [6, 6.07) is 6.34. The Hall–Kier alpha value is -2.90. The molecule has 0 fully saturated rings. The Bertz CT molecular complexity index is 902. The number of rotatable bonds is 3. The van der Waals surface area contributed by atoms with Crippen molar-refractivity contribution in [2.45, 2.75) is 19.6 Å². The molecule has 2 aromatic heterocycles. The Morgan fingerprint density at radius 2 is 2.08 bits per heavy atom. The molecule has 0 saturated heterocycles. The van der Waals surface area contributed by atoms with Gasteiger partial charge in [0.05, 0.1) is 5.56 Å². The second-order valence-corrected chi connectivity index (χ2v) is 5.34. The summed E-state index contributed by atoms with van der Waals surface area (Å²) in [7, 11) is 0. The monoisotopic (exact) mass is 334 g/mol. The number of alkyl halides is 3. The fourth-order valence-corrected chi connectivity index (χ4v) is 2.21. The van der Waals surface area contributed by atoms with Crippen molar-refractivity contribution >= 4 is 11.6 Å². The summed E-state index contributed by atoms with van der Waals surface area (Å²) in [4.78, 5) is 16.3. The zero-order valence-electron chi connectivity index (χ0n) is 12.6. The van der Waals surface area contributed by atoms with Gasteiger partial charge in [-0.05, 0) is 30.2 Å². The lowest BCUT2D eigenvalue weighted by Crippen LogP contribution is -2.23. The number of amides is 1. The summed E-state index contributed by atoms with van der Waals surface area (Å²) in [5.74, 6) is -0.476. The van der Waals surface area contributed by atoms with E-state index in [0.717, 1.165) is 17.7 Å². The third kappa shape index (κ3) is 3.37. The van der Waals surface area contributed by atoms with Crippen LogP contribution in [-0.4, -0.2) is 20.5 Å². The first kappa shape index (κ1) is 16.0. The van der Waals surface area contributed by atoms with Gasteiger partial charge in [0.2, 0.25) is 0 Å². The number of hydrogen-bond acceptors (Lipinski definition) is 3. The van der Waals surface area contributed by atoms with Gasteiger partial charge >= 0.3 is 6.18 Å². The van der Waals surface area contributed by atoms with E-state index >= 15 is 0 Å². The first-order valence-electron chi connectivity index (χ1n) is 7.09. The molecular formula is C16H13F3N4O. The van der Waals surface area contributed by atoms with Crippen molar-refractivity contribution in [3.05, 3.63) is 65.1 Å². The average molecular weight is 334 g/mol. The van der Waals surface area contributed by atoms with Gasteiger partial charge in [-0.25, -0.2) is 9.50 Å². The summed E-state index contributed by atoms with van der Waals surface area (Å²) >= 11 is 0. The highest BCUT2D eigenvalue weighted by atomic mass is 19.4. The predicted octanol–water partition coefficient (Wildman–Crippen LogP) is 2.99. The highest BCUT2D eigenvalue weighted by Crippen LogP contribution is 2.29. The summed E-state index contributed by atoms with van der Waals surface area (Å²) in [6.07, 6.45) is -1.03. The van der Waals surface area contributed by atoms with E-state index in [2.05, 4.69) is 15.4 Å². The SMILES string of the molecule is Cc1cnc2cc(C(=O)NCc3cccc(C(F)(F)F)c3)nn2c1. The van der Waals surface area contributed by atoms with Crippen molar-refractivity contribution in [1.29, 1.82) is 0 Å². The molecule has 0 atom stereocenters. The topological polar surface area (TPSA) is 59.3 Å². The van der Waals surface area contributed by atoms with Gasteiger partial charge in [-0.2, -0.15) is 18.3 Å². The largest absolute Gasteiger partial charge is 0.416 e. The van der Waals surface area contributed by atoms with E-state index < -0.39 is 17.6 Å². The third-order valence-electron chi connectivity index (χ3n) is 3.38. The van der Waals surface area contributed by atoms with Crippen LogP contribution in [0.15, 0.2) is 42.7 Å². The third-order valence-corrected chi connectivity index (χ3v) is 3.38. The highest BCUT2D eigenvalue weighted by Gasteiger charge is 2.30. The normalized spacial score (nSPS) is 11.7. The molecule has 5 nitrogen and oxygen atoms in total. The van der Waals surface area contributed by atoms with Gasteiger partial charge in [0, 0.05) is 25.0 Å². The molecule has 124 valence electrons. The van der Waals surface area contributed by atoms with Crippen molar-refractivity contribution in [2.24, 2.45) is 0 Å². The minimum atomic E-state index is -4.41. The van der Waals surface area contributed by atoms with Crippen LogP contribution < -0.4 is 5.32 Å². The molecule has 1 amide bonds. The predicted molar refractivity (Wildman–Crippen MR) is 80.3 cm³/mol. The maximum atomic E-state index is 12.7. The van der Waals surface area contributed by atoms with E-state index in [4.69, 9.17) is 0 Å². The number of hydrogen-bond donors (Lipinski definition) is 1. The van der Waals surface area contributed by atoms with E-state index in [9.17, 15) is 18.0 Å². The van der Waals surface area contributed by atoms with Gasteiger partial charge in [0.1, 0.15) is 0 Å². The van der Waals surface area contributed by atoms with E-state index in [1.54, 1.807) is 12.4 Å². The Labute approximate surface area is 135 Å². The number of carbonyl (C=O) groups excluding carboxylic acids is 1. The molecule has 1 N–H and O–H groups in total. The zero-order chi connectivity index (χ0) is 17.3. The molecular weight excluding hydrogens is 321 g/mol. The molecule has 24 heavy (non-hydrogen) atoms. The fraction of sp³-hybridized carbons (Fsp3) is 0.188. The molecule has 1 aromatic carbocycles. The maximum Gasteiger partial charge on any atom is 0.416 e. The Morgan fingerprint density at radius 3 is 2.83 bits per heavy atom. The van der Waals surface area contributed by atoms with Crippen LogP contribution in [0.1, 0.15) is 27.2 Å². The van der Waals surface area contributed by atoms with E-state index in [1.165, 1.54) is 22.7 Å². The Kier molecular flexibility index (Phi) is 3.96. The van der Waals surface area contributed by atoms with Gasteiger partial charge in [-0.15, -0.1) is 0 Å². The van der Waals surface area contributed by atoms with Crippen LogP contribution in [-0.2, 0) is 12.7 Å². The average Bonchev–Trinajstić information content (AvgIpc) is 2.95. The van der Waals surface area contributed by atoms with Crippen molar-refractivity contribution in [3.63, 3.8) is 0 Å². The van der Waals surface area contributed by atoms with Crippen LogP contribution >= 0.6 is 0 Å². The lowest BCUT2D eigenvalue weighted by atomic mass is 10.1. The number of fused-ring (bicyclic) bond motifs is 1. The van der Waals surface area contributed by atoms with Crippen molar-refractivity contribution < 1.29 is 18.0 Å². The molecule has 0 radical (unpaired) electrons. The molecule has 0 spiro atoms.